The summed E-state index contributed by atoms with van der Waals surface area (Å²) in [5.41, 5.74) is 1.23. The zero-order chi connectivity index (χ0) is 17.1. The minimum atomic E-state index is -0.489. The largest absolute Gasteiger partial charge is 0.385 e. The highest BCUT2D eigenvalue weighted by atomic mass is 16.3. The lowest BCUT2D eigenvalue weighted by molar-refractivity contribution is 0.0413. The van der Waals surface area contributed by atoms with E-state index in [1.165, 1.54) is 5.01 Å². The molecule has 0 atom stereocenters. The van der Waals surface area contributed by atoms with Gasteiger partial charge in [-0.1, -0.05) is 42.5 Å². The number of urea groups is 1. The van der Waals surface area contributed by atoms with E-state index in [1.54, 1.807) is 30.3 Å². The summed E-state index contributed by atoms with van der Waals surface area (Å²) in [4.78, 5) is 37.3. The van der Waals surface area contributed by atoms with Crippen molar-refractivity contribution in [2.75, 3.05) is 5.01 Å². The molecule has 6 nitrogen and oxygen atoms in total. The summed E-state index contributed by atoms with van der Waals surface area (Å²) < 4.78 is 0. The van der Waals surface area contributed by atoms with Gasteiger partial charge in [0, 0.05) is 0 Å². The van der Waals surface area contributed by atoms with Crippen molar-refractivity contribution in [3.8, 4) is 0 Å². The maximum atomic E-state index is 12.5. The van der Waals surface area contributed by atoms with E-state index in [0.29, 0.717) is 16.8 Å². The van der Waals surface area contributed by atoms with Crippen LogP contribution in [0.4, 0.5) is 10.5 Å². The van der Waals surface area contributed by atoms with Gasteiger partial charge in [-0.15, -0.1) is 5.12 Å². The van der Waals surface area contributed by atoms with E-state index in [2.05, 4.69) is 0 Å². The maximum absolute atomic E-state index is 12.5. The molecule has 2 heterocycles. The maximum Gasteiger partial charge on any atom is 0.385 e. The summed E-state index contributed by atoms with van der Waals surface area (Å²) in [6.45, 7) is 0. The number of rotatable bonds is 2. The number of fused-ring (bicyclic) bond motifs is 2. The first-order valence-corrected chi connectivity index (χ1v) is 7.77. The van der Waals surface area contributed by atoms with Crippen LogP contribution in [0.1, 0.15) is 20.7 Å². The zero-order valence-electron chi connectivity index (χ0n) is 12.9. The van der Waals surface area contributed by atoms with Crippen molar-refractivity contribution in [1.29, 1.82) is 0 Å². The predicted octanol–water partition coefficient (Wildman–Crippen LogP) is 3.21. The van der Waals surface area contributed by atoms with Crippen LogP contribution in [0.15, 0.2) is 66.7 Å². The predicted molar refractivity (Wildman–Crippen MR) is 90.6 cm³/mol. The third-order valence-electron chi connectivity index (χ3n) is 4.44. The first kappa shape index (κ1) is 13.7. The Kier molecular flexibility index (Phi) is 2.57. The molecule has 0 N–H and O–H groups in total. The fourth-order valence-electron chi connectivity index (χ4n) is 3.18. The molecule has 3 aromatic rings. The summed E-state index contributed by atoms with van der Waals surface area (Å²) in [5.74, 6) is -0.977. The highest BCUT2D eigenvalue weighted by Gasteiger charge is 2.56. The molecule has 0 aliphatic carbocycles. The van der Waals surface area contributed by atoms with Crippen molar-refractivity contribution in [1.82, 2.24) is 10.1 Å². The van der Waals surface area contributed by atoms with Crippen molar-refractivity contribution in [2.45, 2.75) is 0 Å². The first-order valence-electron chi connectivity index (χ1n) is 7.77. The zero-order valence-corrected chi connectivity index (χ0v) is 12.9. The van der Waals surface area contributed by atoms with Crippen LogP contribution in [0.3, 0.4) is 0 Å². The lowest BCUT2D eigenvalue weighted by Crippen LogP contribution is -2.37. The topological polar surface area (TPSA) is 60.5 Å². The Hall–Kier alpha value is -3.67. The number of carbonyl (C=O) groups excluding carboxylic acids is 3. The van der Waals surface area contributed by atoms with Gasteiger partial charge in [0.2, 0.25) is 0 Å². The fourth-order valence-corrected chi connectivity index (χ4v) is 3.18. The van der Waals surface area contributed by atoms with Gasteiger partial charge in [0.1, 0.15) is 0 Å². The number of hydrogen-bond donors (Lipinski definition) is 0. The third-order valence-corrected chi connectivity index (χ3v) is 4.44. The second kappa shape index (κ2) is 4.67. The molecule has 4 amide bonds. The van der Waals surface area contributed by atoms with Crippen LogP contribution in [0.2, 0.25) is 0 Å². The number of imide groups is 1. The normalized spacial score (nSPS) is 16.0. The van der Waals surface area contributed by atoms with Gasteiger partial charge in [0.25, 0.3) is 11.8 Å². The molecule has 0 aromatic heterocycles. The van der Waals surface area contributed by atoms with Crippen molar-refractivity contribution >= 4 is 34.3 Å². The molecule has 0 spiro atoms. The highest BCUT2D eigenvalue weighted by Crippen LogP contribution is 2.36. The van der Waals surface area contributed by atoms with E-state index in [1.807, 2.05) is 36.4 Å². The number of benzene rings is 3. The Bertz CT molecular complexity index is 1060. The smallest absolute Gasteiger partial charge is 0.267 e. The molecule has 5 rings (SSSR count). The molecule has 0 unspecified atom stereocenters. The summed E-state index contributed by atoms with van der Waals surface area (Å²) in [5, 5.41) is 5.31. The molecule has 0 radical (unpaired) electrons. The number of amides is 4. The van der Waals surface area contributed by atoms with Gasteiger partial charge < -0.3 is 0 Å². The summed E-state index contributed by atoms with van der Waals surface area (Å²) in [7, 11) is 0. The average Bonchev–Trinajstić information content (AvgIpc) is 3.23. The van der Waals surface area contributed by atoms with Gasteiger partial charge in [-0.3, -0.25) is 9.59 Å². The second-order valence-corrected chi connectivity index (χ2v) is 5.88. The minimum Gasteiger partial charge on any atom is -0.267 e. The standard InChI is InChI=1S/C19H11N3O3/c23-17-15-7-3-4-8-16(15)18(24)21(17)22-19(25)20(22)14-10-9-12-5-1-2-6-13(12)11-14/h1-11H. The van der Waals surface area contributed by atoms with E-state index in [9.17, 15) is 14.4 Å². The summed E-state index contributed by atoms with van der Waals surface area (Å²) in [6, 6.07) is 19.5. The van der Waals surface area contributed by atoms with Crippen molar-refractivity contribution in [3.63, 3.8) is 0 Å². The number of nitrogens with zero attached hydrogens (tertiary/aromatic N) is 3. The average molecular weight is 329 g/mol. The molecular weight excluding hydrogens is 318 g/mol. The molecule has 0 bridgehead atoms. The lowest BCUT2D eigenvalue weighted by atomic mass is 10.1. The molecule has 3 aromatic carbocycles. The molecule has 1 saturated heterocycles. The molecule has 120 valence electrons. The molecule has 1 fully saturated rings. The lowest BCUT2D eigenvalue weighted by Gasteiger charge is -2.14. The van der Waals surface area contributed by atoms with Crippen molar-refractivity contribution < 1.29 is 14.4 Å². The van der Waals surface area contributed by atoms with Crippen LogP contribution in [-0.4, -0.2) is 28.0 Å². The number of hydrogen-bond acceptors (Lipinski definition) is 3. The molecule has 25 heavy (non-hydrogen) atoms. The van der Waals surface area contributed by atoms with Gasteiger partial charge in [0.15, 0.2) is 0 Å². The quantitative estimate of drug-likeness (QED) is 0.536. The van der Waals surface area contributed by atoms with E-state index in [0.717, 1.165) is 20.9 Å². The van der Waals surface area contributed by atoms with Crippen molar-refractivity contribution in [3.05, 3.63) is 77.9 Å². The van der Waals surface area contributed by atoms with Gasteiger partial charge >= 0.3 is 6.03 Å². The summed E-state index contributed by atoms with van der Waals surface area (Å²) >= 11 is 0. The van der Waals surface area contributed by atoms with E-state index in [-0.39, 0.29) is 0 Å². The van der Waals surface area contributed by atoms with Crippen LogP contribution in [0.25, 0.3) is 10.8 Å². The molecule has 2 aliphatic rings. The van der Waals surface area contributed by atoms with E-state index >= 15 is 0 Å². The van der Waals surface area contributed by atoms with Crippen molar-refractivity contribution in [2.24, 2.45) is 0 Å². The number of anilines is 1. The van der Waals surface area contributed by atoms with Crippen LogP contribution in [0.5, 0.6) is 0 Å². The van der Waals surface area contributed by atoms with Gasteiger partial charge in [0.05, 0.1) is 16.8 Å². The SMILES string of the molecule is O=C1c2ccccc2C(=O)N1N1C(=O)N1c1ccc2ccccc2c1. The Morgan fingerprint density at radius 3 is 1.88 bits per heavy atom. The van der Waals surface area contributed by atoms with E-state index in [4.69, 9.17) is 0 Å². The fraction of sp³-hybridized carbons (Fsp3) is 0. The molecule has 0 saturated carbocycles. The highest BCUT2D eigenvalue weighted by molar-refractivity contribution is 6.24. The Morgan fingerprint density at radius 1 is 0.600 bits per heavy atom. The Labute approximate surface area is 142 Å². The Morgan fingerprint density at radius 2 is 1.20 bits per heavy atom. The second-order valence-electron chi connectivity index (χ2n) is 5.88. The van der Waals surface area contributed by atoms with Crippen LogP contribution < -0.4 is 5.01 Å². The first-order chi connectivity index (χ1) is 12.2. The number of hydrazine groups is 2. The van der Waals surface area contributed by atoms with Crippen LogP contribution >= 0.6 is 0 Å². The Balaban J connectivity index is 1.51. The molecular formula is C19H11N3O3. The molecule has 6 heteroatoms. The monoisotopic (exact) mass is 329 g/mol. The van der Waals surface area contributed by atoms with Crippen LogP contribution in [-0.2, 0) is 0 Å². The van der Waals surface area contributed by atoms with Gasteiger partial charge in [-0.2, -0.15) is 10.0 Å². The van der Waals surface area contributed by atoms with Gasteiger partial charge in [-0.25, -0.2) is 4.79 Å². The molecule has 2 aliphatic heterocycles. The summed E-state index contributed by atoms with van der Waals surface area (Å²) in [6.07, 6.45) is 0. The minimum absolute atomic E-state index is 0.311. The van der Waals surface area contributed by atoms with Crippen LogP contribution in [0, 0.1) is 0 Å². The third kappa shape index (κ3) is 1.82. The van der Waals surface area contributed by atoms with Gasteiger partial charge in [-0.05, 0) is 35.0 Å². The van der Waals surface area contributed by atoms with E-state index < -0.39 is 17.8 Å². The number of carbonyl (C=O) groups is 3.